The van der Waals surface area contributed by atoms with Gasteiger partial charge in [0.15, 0.2) is 25.5 Å². The van der Waals surface area contributed by atoms with Crippen LogP contribution in [0.5, 0.6) is 0 Å². The van der Waals surface area contributed by atoms with Crippen LogP contribution in [0.3, 0.4) is 0 Å². The maximum absolute atomic E-state index is 13.5. The third kappa shape index (κ3) is 12.7. The Hall–Kier alpha value is -7.89. The number of alkyl halides is 2. The van der Waals surface area contributed by atoms with E-state index in [9.17, 15) is 40.0 Å². The molecular formula is C49H47F2N11O8S2. The molecule has 5 aromatic heterocycles. The smallest absolute Gasteiger partial charge is 0.324 e. The summed E-state index contributed by atoms with van der Waals surface area (Å²) < 4.78 is 77.9. The molecule has 2 aromatic carbocycles. The molecule has 19 nitrogen and oxygen atoms in total. The van der Waals surface area contributed by atoms with E-state index in [1.807, 2.05) is 72.8 Å². The Labute approximate surface area is 413 Å². The highest BCUT2D eigenvalue weighted by Gasteiger charge is 2.31. The summed E-state index contributed by atoms with van der Waals surface area (Å²) in [5.41, 5.74) is 12.4. The molecule has 0 bridgehead atoms. The molecular weight excluding hydrogens is 973 g/mol. The van der Waals surface area contributed by atoms with Crippen molar-refractivity contribution >= 4 is 48.9 Å². The van der Waals surface area contributed by atoms with Gasteiger partial charge in [0.2, 0.25) is 5.89 Å². The van der Waals surface area contributed by atoms with Crippen LogP contribution in [0.15, 0.2) is 139 Å². The molecule has 7 heterocycles. The molecule has 2 saturated heterocycles. The minimum atomic E-state index is -3.17. The molecule has 23 heteroatoms. The Balaban J connectivity index is 0.000000194. The standard InChI is InChI=1S/C25H22F2N6O4S.C24H25N5O4S/c26-22(27)24-31-30-23(37-24)19-1-4-20(29-15-19)16-33(25(34)32-11-13-38(35,36)14-12-32)21-5-2-17(3-6-21)18-7-9-28-10-8-18;25-15-23(30)20-1-4-21(27-16-20)17-29(24(31)28-11-13-34(32,33)14-12-28)22-5-2-18(3-6-22)19-7-9-26-10-8-19/h1-10,15,22H,11-14,16H2;1-10,16H,11-15,17,25H2. The number of sulfone groups is 2. The minimum absolute atomic E-state index is 0.0539. The number of halogens is 2. The second-order valence-electron chi connectivity index (χ2n) is 16.5. The van der Waals surface area contributed by atoms with Crippen LogP contribution in [0.2, 0.25) is 0 Å². The second-order valence-corrected chi connectivity index (χ2v) is 21.1. The van der Waals surface area contributed by atoms with Crippen LogP contribution < -0.4 is 15.5 Å². The van der Waals surface area contributed by atoms with Gasteiger partial charge < -0.3 is 20.0 Å². The van der Waals surface area contributed by atoms with E-state index in [1.165, 1.54) is 22.2 Å². The van der Waals surface area contributed by atoms with Crippen molar-refractivity contribution in [3.63, 3.8) is 0 Å². The molecule has 7 aromatic rings. The molecule has 0 radical (unpaired) electrons. The average Bonchev–Trinajstić information content (AvgIpc) is 3.92. The quantitative estimate of drug-likeness (QED) is 0.135. The lowest BCUT2D eigenvalue weighted by Crippen LogP contribution is -2.49. The molecule has 2 aliphatic heterocycles. The molecule has 0 atom stereocenters. The van der Waals surface area contributed by atoms with Crippen molar-refractivity contribution in [2.75, 3.05) is 65.5 Å². The van der Waals surface area contributed by atoms with Gasteiger partial charge in [0.1, 0.15) is 0 Å². The van der Waals surface area contributed by atoms with Crippen LogP contribution in [0.4, 0.5) is 29.7 Å². The van der Waals surface area contributed by atoms with Crippen LogP contribution in [0.25, 0.3) is 33.7 Å². The summed E-state index contributed by atoms with van der Waals surface area (Å²) in [6.45, 7) is 0.629. The van der Waals surface area contributed by atoms with Gasteiger partial charge in [0, 0.05) is 80.3 Å². The van der Waals surface area contributed by atoms with Crippen LogP contribution in [-0.4, -0.2) is 130 Å². The number of benzene rings is 2. The Morgan fingerprint density at radius 2 is 0.986 bits per heavy atom. The van der Waals surface area contributed by atoms with E-state index >= 15 is 0 Å². The number of urea groups is 2. The first-order valence-electron chi connectivity index (χ1n) is 22.4. The summed E-state index contributed by atoms with van der Waals surface area (Å²) in [5.74, 6) is -1.37. The highest BCUT2D eigenvalue weighted by Crippen LogP contribution is 2.28. The maximum Gasteiger partial charge on any atom is 0.324 e. The maximum atomic E-state index is 13.5. The topological polar surface area (TPSA) is 249 Å². The Morgan fingerprint density at radius 3 is 1.36 bits per heavy atom. The van der Waals surface area contributed by atoms with Crippen molar-refractivity contribution in [3.05, 3.63) is 157 Å². The fourth-order valence-corrected chi connectivity index (χ4v) is 10.1. The molecule has 2 aliphatic rings. The number of carbonyl (C=O) groups excluding carboxylic acids is 3. The zero-order valence-corrected chi connectivity index (χ0v) is 40.1. The van der Waals surface area contributed by atoms with Crippen molar-refractivity contribution in [2.45, 2.75) is 19.5 Å². The molecule has 0 saturated carbocycles. The van der Waals surface area contributed by atoms with Gasteiger partial charge >= 0.3 is 18.5 Å². The van der Waals surface area contributed by atoms with Gasteiger partial charge in [-0.05, 0) is 95.1 Å². The summed E-state index contributed by atoms with van der Waals surface area (Å²) in [6, 6.07) is 28.4. The number of ketones is 1. The van der Waals surface area contributed by atoms with Crippen LogP contribution in [-0.2, 0) is 32.8 Å². The van der Waals surface area contributed by atoms with Crippen molar-refractivity contribution in [2.24, 2.45) is 5.73 Å². The zero-order valence-electron chi connectivity index (χ0n) is 38.4. The summed E-state index contributed by atoms with van der Waals surface area (Å²) >= 11 is 0. The first kappa shape index (κ1) is 50.5. The molecule has 0 aliphatic carbocycles. The lowest BCUT2D eigenvalue weighted by Gasteiger charge is -2.33. The number of rotatable bonds is 12. The fraction of sp³-hybridized carbons (Fsp3) is 0.245. The zero-order chi connectivity index (χ0) is 50.8. The molecule has 0 spiro atoms. The Morgan fingerprint density at radius 1 is 0.569 bits per heavy atom. The Kier molecular flexibility index (Phi) is 15.8. The predicted octanol–water partition coefficient (Wildman–Crippen LogP) is 6.13. The highest BCUT2D eigenvalue weighted by atomic mass is 32.2. The number of amides is 4. The summed E-state index contributed by atoms with van der Waals surface area (Å²) in [7, 11) is -6.29. The molecule has 2 N–H and O–H groups in total. The number of Topliss-reactive ketones (excluding diaryl/α,β-unsaturated/α-hetero) is 1. The molecule has 2 fully saturated rings. The number of hydrogen-bond donors (Lipinski definition) is 1. The lowest BCUT2D eigenvalue weighted by atomic mass is 10.1. The Bertz CT molecular complexity index is 3180. The summed E-state index contributed by atoms with van der Waals surface area (Å²) in [6.07, 6.45) is 6.80. The van der Waals surface area contributed by atoms with Gasteiger partial charge in [0.25, 0.3) is 5.89 Å². The molecule has 4 amide bonds. The van der Waals surface area contributed by atoms with E-state index < -0.39 is 32.0 Å². The first-order valence-corrected chi connectivity index (χ1v) is 26.1. The lowest BCUT2D eigenvalue weighted by molar-refractivity contribution is 0.100. The number of aromatic nitrogens is 6. The van der Waals surface area contributed by atoms with Gasteiger partial charge in [0.05, 0.1) is 59.6 Å². The van der Waals surface area contributed by atoms with Gasteiger partial charge in [-0.1, -0.05) is 24.3 Å². The normalized spacial score (nSPS) is 15.0. The SMILES string of the molecule is NCC(=O)c1ccc(CN(C(=O)N2CCS(=O)(=O)CC2)c2ccc(-c3ccncc3)cc2)nc1.O=C(N1CCS(=O)(=O)CC1)N(Cc1ccc(-c2nnc(C(F)F)o2)cn1)c1ccc(-c2ccncc2)cc1. The summed E-state index contributed by atoms with van der Waals surface area (Å²) in [4.78, 5) is 61.7. The van der Waals surface area contributed by atoms with Crippen LogP contribution >= 0.6 is 0 Å². The monoisotopic (exact) mass is 1020 g/mol. The molecule has 0 unspecified atom stereocenters. The van der Waals surface area contributed by atoms with Crippen LogP contribution in [0.1, 0.15) is 34.1 Å². The molecule has 72 heavy (non-hydrogen) atoms. The van der Waals surface area contributed by atoms with Gasteiger partial charge in [-0.3, -0.25) is 34.5 Å². The molecule has 9 rings (SSSR count). The van der Waals surface area contributed by atoms with E-state index in [0.717, 1.165) is 22.3 Å². The number of anilines is 2. The fourth-order valence-electron chi connectivity index (χ4n) is 7.65. The van der Waals surface area contributed by atoms with Crippen LogP contribution in [0, 0.1) is 0 Å². The van der Waals surface area contributed by atoms with Crippen molar-refractivity contribution in [1.82, 2.24) is 39.9 Å². The van der Waals surface area contributed by atoms with Crippen molar-refractivity contribution in [1.29, 1.82) is 0 Å². The van der Waals surface area contributed by atoms with Crippen molar-refractivity contribution in [3.8, 4) is 33.7 Å². The average molecular weight is 1020 g/mol. The number of pyridine rings is 4. The number of carbonyl (C=O) groups is 3. The number of nitrogens with zero attached hydrogens (tertiary/aromatic N) is 10. The van der Waals surface area contributed by atoms with E-state index in [1.54, 1.807) is 58.9 Å². The van der Waals surface area contributed by atoms with Gasteiger partial charge in [-0.2, -0.15) is 8.78 Å². The van der Waals surface area contributed by atoms with Crippen molar-refractivity contribution < 1.29 is 44.4 Å². The first-order chi connectivity index (χ1) is 34.6. The van der Waals surface area contributed by atoms with E-state index in [2.05, 4.69) is 30.1 Å². The van der Waals surface area contributed by atoms with E-state index in [0.29, 0.717) is 33.9 Å². The predicted molar refractivity (Wildman–Crippen MR) is 263 cm³/mol. The largest absolute Gasteiger partial charge is 0.415 e. The van der Waals surface area contributed by atoms with E-state index in [4.69, 9.17) is 10.2 Å². The van der Waals surface area contributed by atoms with Gasteiger partial charge in [-0.15, -0.1) is 10.2 Å². The second kappa shape index (κ2) is 22.5. The minimum Gasteiger partial charge on any atom is -0.415 e. The van der Waals surface area contributed by atoms with E-state index in [-0.39, 0.29) is 92.6 Å². The molecule has 372 valence electrons. The third-order valence-corrected chi connectivity index (χ3v) is 15.0. The number of hydrogen-bond acceptors (Lipinski definition) is 15. The third-order valence-electron chi connectivity index (χ3n) is 11.7. The highest BCUT2D eigenvalue weighted by molar-refractivity contribution is 7.91. The summed E-state index contributed by atoms with van der Waals surface area (Å²) in [5, 5.41) is 6.94. The van der Waals surface area contributed by atoms with Gasteiger partial charge in [-0.25, -0.2) is 26.4 Å². The number of nitrogens with two attached hydrogens (primary N) is 1.